The zero-order valence-electron chi connectivity index (χ0n) is 10.7. The van der Waals surface area contributed by atoms with Crippen LogP contribution in [0.2, 0.25) is 0 Å². The van der Waals surface area contributed by atoms with E-state index in [0.717, 1.165) is 0 Å². The number of carbonyl (C=O) groups is 1. The van der Waals surface area contributed by atoms with Crippen molar-refractivity contribution in [3.8, 4) is 0 Å². The van der Waals surface area contributed by atoms with Gasteiger partial charge in [-0.15, -0.1) is 0 Å². The Bertz CT molecular complexity index is 620. The van der Waals surface area contributed by atoms with Crippen LogP contribution in [0, 0.1) is 0 Å². The van der Waals surface area contributed by atoms with Crippen molar-refractivity contribution in [2.75, 3.05) is 26.3 Å². The van der Waals surface area contributed by atoms with Crippen LogP contribution in [0.1, 0.15) is 23.3 Å². The summed E-state index contributed by atoms with van der Waals surface area (Å²) in [5, 5.41) is 5.56. The van der Waals surface area contributed by atoms with Gasteiger partial charge in [0, 0.05) is 25.9 Å². The fourth-order valence-electron chi connectivity index (χ4n) is 2.48. The van der Waals surface area contributed by atoms with E-state index in [2.05, 4.69) is 10.2 Å². The Hall–Kier alpha value is -2.00. The van der Waals surface area contributed by atoms with Crippen LogP contribution >= 0.6 is 0 Å². The number of hydrogen-bond donors (Lipinski definition) is 2. The quantitative estimate of drug-likeness (QED) is 0.643. The lowest BCUT2D eigenvalue weighted by atomic mass is 10.0. The molecule has 0 saturated carbocycles. The minimum absolute atomic E-state index is 0.311. The van der Waals surface area contributed by atoms with Crippen molar-refractivity contribution in [3.63, 3.8) is 0 Å². The molecule has 1 aromatic rings. The second kappa shape index (κ2) is 4.84. The number of hydrogen-bond acceptors (Lipinski definition) is 6. The van der Waals surface area contributed by atoms with E-state index >= 15 is 0 Å². The third-order valence-corrected chi connectivity index (χ3v) is 3.54. The summed E-state index contributed by atoms with van der Waals surface area (Å²) in [6.45, 7) is 1.96. The van der Waals surface area contributed by atoms with Crippen molar-refractivity contribution in [1.29, 1.82) is 0 Å². The molecular weight excluding hydrogens is 268 g/mol. The van der Waals surface area contributed by atoms with Crippen LogP contribution in [-0.4, -0.2) is 58.1 Å². The number of piperidine rings is 1. The molecule has 0 bridgehead atoms. The van der Waals surface area contributed by atoms with Gasteiger partial charge >= 0.3 is 5.69 Å². The minimum Gasteiger partial charge on any atom is -0.347 e. The number of rotatable bonds is 1. The fourth-order valence-corrected chi connectivity index (χ4v) is 2.48. The number of nitrogens with zero attached hydrogens (tertiary/aromatic N) is 2. The van der Waals surface area contributed by atoms with Gasteiger partial charge in [0.2, 0.25) is 5.69 Å². The number of amides is 1. The number of aromatic nitrogens is 3. The Morgan fingerprint density at radius 3 is 2.45 bits per heavy atom. The predicted molar refractivity (Wildman–Crippen MR) is 65.3 cm³/mol. The molecule has 108 valence electrons. The molecule has 2 saturated heterocycles. The van der Waals surface area contributed by atoms with E-state index in [4.69, 9.17) is 9.47 Å². The molecule has 0 aliphatic carbocycles. The van der Waals surface area contributed by atoms with Crippen molar-refractivity contribution in [1.82, 2.24) is 20.1 Å². The molecule has 1 amide bonds. The van der Waals surface area contributed by atoms with Crippen LogP contribution in [0.4, 0.5) is 0 Å². The minimum atomic E-state index is -0.785. The molecule has 2 fully saturated rings. The molecule has 1 aromatic heterocycles. The number of carbonyl (C=O) groups excluding carboxylic acids is 1. The number of aromatic amines is 2. The Balaban J connectivity index is 1.73. The summed E-state index contributed by atoms with van der Waals surface area (Å²) in [4.78, 5) is 38.1. The first-order valence-electron chi connectivity index (χ1n) is 6.36. The van der Waals surface area contributed by atoms with Crippen LogP contribution in [0.25, 0.3) is 0 Å². The topological polar surface area (TPSA) is 117 Å². The Morgan fingerprint density at radius 1 is 1.20 bits per heavy atom. The van der Waals surface area contributed by atoms with Crippen LogP contribution in [0.3, 0.4) is 0 Å². The highest BCUT2D eigenvalue weighted by Crippen LogP contribution is 2.31. The average molecular weight is 282 g/mol. The van der Waals surface area contributed by atoms with Gasteiger partial charge in [0.1, 0.15) is 0 Å². The second-order valence-corrected chi connectivity index (χ2v) is 4.76. The van der Waals surface area contributed by atoms with Crippen molar-refractivity contribution >= 4 is 5.91 Å². The second-order valence-electron chi connectivity index (χ2n) is 4.76. The van der Waals surface area contributed by atoms with Gasteiger partial charge in [0.05, 0.1) is 13.2 Å². The summed E-state index contributed by atoms with van der Waals surface area (Å²) in [7, 11) is 0. The van der Waals surface area contributed by atoms with Gasteiger partial charge in [-0.05, 0) is 0 Å². The molecule has 9 nitrogen and oxygen atoms in total. The van der Waals surface area contributed by atoms with Gasteiger partial charge in [-0.1, -0.05) is 0 Å². The summed E-state index contributed by atoms with van der Waals surface area (Å²) < 4.78 is 11.1. The normalized spacial score (nSPS) is 21.3. The Labute approximate surface area is 112 Å². The van der Waals surface area contributed by atoms with Gasteiger partial charge < -0.3 is 14.4 Å². The van der Waals surface area contributed by atoms with Gasteiger partial charge in [-0.3, -0.25) is 14.6 Å². The first-order chi connectivity index (χ1) is 9.60. The van der Waals surface area contributed by atoms with E-state index in [1.54, 1.807) is 0 Å². The van der Waals surface area contributed by atoms with E-state index in [-0.39, 0.29) is 5.69 Å². The molecule has 9 heteroatoms. The Kier molecular flexibility index (Phi) is 3.14. The molecule has 0 aromatic carbocycles. The molecule has 2 aliphatic heterocycles. The summed E-state index contributed by atoms with van der Waals surface area (Å²) in [5.41, 5.74) is -1.84. The van der Waals surface area contributed by atoms with Crippen molar-refractivity contribution in [2.24, 2.45) is 0 Å². The number of likely N-dealkylation sites (tertiary alicyclic amines) is 1. The molecule has 3 heterocycles. The summed E-state index contributed by atoms with van der Waals surface area (Å²) in [6, 6.07) is 0. The molecule has 0 atom stereocenters. The first kappa shape index (κ1) is 13.0. The lowest BCUT2D eigenvalue weighted by Crippen LogP contribution is -2.48. The van der Waals surface area contributed by atoms with E-state index in [9.17, 15) is 14.4 Å². The fraction of sp³-hybridized carbons (Fsp3) is 0.636. The van der Waals surface area contributed by atoms with Crippen LogP contribution in [-0.2, 0) is 9.47 Å². The monoisotopic (exact) mass is 282 g/mol. The molecule has 20 heavy (non-hydrogen) atoms. The molecule has 0 radical (unpaired) electrons. The summed E-state index contributed by atoms with van der Waals surface area (Å²) >= 11 is 0. The van der Waals surface area contributed by atoms with Gasteiger partial charge in [-0.2, -0.15) is 5.10 Å². The van der Waals surface area contributed by atoms with Crippen molar-refractivity contribution in [3.05, 3.63) is 26.5 Å². The highest BCUT2D eigenvalue weighted by Gasteiger charge is 2.41. The summed E-state index contributed by atoms with van der Waals surface area (Å²) in [6.07, 6.45) is 1.11. The van der Waals surface area contributed by atoms with Crippen LogP contribution in [0.15, 0.2) is 9.59 Å². The largest absolute Gasteiger partial charge is 0.347 e. The molecule has 1 spiro atoms. The van der Waals surface area contributed by atoms with Crippen LogP contribution in [0.5, 0.6) is 0 Å². The van der Waals surface area contributed by atoms with E-state index in [0.29, 0.717) is 39.1 Å². The highest BCUT2D eigenvalue weighted by atomic mass is 16.7. The smallest absolute Gasteiger partial charge is 0.342 e. The van der Waals surface area contributed by atoms with Gasteiger partial charge in [0.15, 0.2) is 5.79 Å². The standard InChI is InChI=1S/C11H14N4O5/c16-8-7(13-14-10(18)12-8)9(17)15-3-1-11(2-4-15)19-5-6-20-11/h1-6H2,(H2,12,14,16,18). The third-order valence-electron chi connectivity index (χ3n) is 3.54. The predicted octanol–water partition coefficient (Wildman–Crippen LogP) is -1.56. The average Bonchev–Trinajstić information content (AvgIpc) is 2.87. The molecule has 2 N–H and O–H groups in total. The van der Waals surface area contributed by atoms with Crippen molar-refractivity contribution < 1.29 is 14.3 Å². The van der Waals surface area contributed by atoms with Crippen LogP contribution < -0.4 is 11.2 Å². The highest BCUT2D eigenvalue weighted by molar-refractivity contribution is 5.91. The number of H-pyrrole nitrogens is 2. The maximum Gasteiger partial charge on any atom is 0.342 e. The van der Waals surface area contributed by atoms with E-state index in [1.165, 1.54) is 4.90 Å². The number of nitrogens with one attached hydrogen (secondary N) is 2. The van der Waals surface area contributed by atoms with Gasteiger partial charge in [-0.25, -0.2) is 9.89 Å². The van der Waals surface area contributed by atoms with Gasteiger partial charge in [0.25, 0.3) is 11.5 Å². The maximum atomic E-state index is 12.2. The molecular formula is C11H14N4O5. The first-order valence-corrected chi connectivity index (χ1v) is 6.36. The SMILES string of the molecule is O=C(c1n[nH]c(=O)[nH]c1=O)N1CCC2(CC1)OCCO2. The Morgan fingerprint density at radius 2 is 1.85 bits per heavy atom. The number of ether oxygens (including phenoxy) is 2. The van der Waals surface area contributed by atoms with E-state index in [1.807, 2.05) is 4.98 Å². The third kappa shape index (κ3) is 2.25. The van der Waals surface area contributed by atoms with E-state index < -0.39 is 22.9 Å². The lowest BCUT2D eigenvalue weighted by molar-refractivity contribution is -0.181. The maximum absolute atomic E-state index is 12.2. The zero-order valence-corrected chi connectivity index (χ0v) is 10.7. The zero-order chi connectivity index (χ0) is 14.2. The summed E-state index contributed by atoms with van der Waals surface area (Å²) in [5.74, 6) is -1.09. The molecule has 3 rings (SSSR count). The molecule has 0 unspecified atom stereocenters. The lowest BCUT2D eigenvalue weighted by Gasteiger charge is -2.37. The van der Waals surface area contributed by atoms with Crippen molar-refractivity contribution in [2.45, 2.75) is 18.6 Å². The molecule has 2 aliphatic rings.